The average molecular weight is 306 g/mol. The van der Waals surface area contributed by atoms with Crippen molar-refractivity contribution in [2.45, 2.75) is 6.42 Å². The van der Waals surface area contributed by atoms with E-state index in [-0.39, 0.29) is 11.3 Å². The minimum absolute atomic E-state index is 0.00432. The number of nitrogens with zero attached hydrogens (tertiary/aromatic N) is 1. The second-order valence-electron chi connectivity index (χ2n) is 4.28. The van der Waals surface area contributed by atoms with E-state index >= 15 is 0 Å². The molecule has 21 heavy (non-hydrogen) atoms. The third-order valence-corrected chi connectivity index (χ3v) is 3.66. The highest BCUT2D eigenvalue weighted by atomic mass is 32.1. The molecule has 1 N–H and O–H groups in total. The highest BCUT2D eigenvalue weighted by Crippen LogP contribution is 2.23. The van der Waals surface area contributed by atoms with Gasteiger partial charge in [0.05, 0.1) is 12.0 Å². The lowest BCUT2D eigenvalue weighted by atomic mass is 10.1. The van der Waals surface area contributed by atoms with Crippen LogP contribution in [0.5, 0.6) is 5.75 Å². The van der Waals surface area contributed by atoms with E-state index in [1.54, 1.807) is 11.3 Å². The summed E-state index contributed by atoms with van der Waals surface area (Å²) >= 11 is 1.59. The Kier molecular flexibility index (Phi) is 4.89. The lowest BCUT2D eigenvalue weighted by Crippen LogP contribution is -2.26. The molecule has 110 valence electrons. The van der Waals surface area contributed by atoms with Crippen LogP contribution in [-0.4, -0.2) is 24.5 Å². The second-order valence-corrected chi connectivity index (χ2v) is 5.06. The topological polar surface area (TPSA) is 81.5 Å². The average Bonchev–Trinajstić information content (AvgIpc) is 2.99. The second kappa shape index (κ2) is 6.85. The van der Waals surface area contributed by atoms with E-state index < -0.39 is 10.8 Å². The highest BCUT2D eigenvalue weighted by Gasteiger charge is 2.20. The van der Waals surface area contributed by atoms with Crippen LogP contribution in [0.15, 0.2) is 35.0 Å². The molecule has 0 saturated carbocycles. The van der Waals surface area contributed by atoms with Crippen molar-refractivity contribution in [2.75, 3.05) is 13.7 Å². The molecule has 0 saturated heterocycles. The van der Waals surface area contributed by atoms with Crippen molar-refractivity contribution in [1.29, 1.82) is 0 Å². The van der Waals surface area contributed by atoms with E-state index in [4.69, 9.17) is 4.74 Å². The van der Waals surface area contributed by atoms with E-state index in [1.165, 1.54) is 25.3 Å². The first kappa shape index (κ1) is 15.0. The predicted molar refractivity (Wildman–Crippen MR) is 80.0 cm³/mol. The minimum atomic E-state index is -0.576. The van der Waals surface area contributed by atoms with Gasteiger partial charge in [-0.25, -0.2) is 0 Å². The Labute approximate surface area is 125 Å². The molecule has 0 aliphatic carbocycles. The number of nitro benzene ring substituents is 1. The van der Waals surface area contributed by atoms with Gasteiger partial charge in [0.1, 0.15) is 11.3 Å². The van der Waals surface area contributed by atoms with Crippen LogP contribution in [-0.2, 0) is 6.42 Å². The monoisotopic (exact) mass is 306 g/mol. The van der Waals surface area contributed by atoms with E-state index in [2.05, 4.69) is 5.32 Å². The van der Waals surface area contributed by atoms with Crippen LogP contribution in [0.25, 0.3) is 0 Å². The number of nitrogens with one attached hydrogen (secondary N) is 1. The number of carbonyl (C=O) groups is 1. The van der Waals surface area contributed by atoms with Gasteiger partial charge in [0.15, 0.2) is 0 Å². The van der Waals surface area contributed by atoms with Gasteiger partial charge in [-0.3, -0.25) is 14.9 Å². The fraction of sp³-hybridized carbons (Fsp3) is 0.214. The molecule has 0 fully saturated rings. The maximum atomic E-state index is 12.1. The van der Waals surface area contributed by atoms with Crippen molar-refractivity contribution in [1.82, 2.24) is 5.32 Å². The molecule has 0 bridgehead atoms. The van der Waals surface area contributed by atoms with E-state index in [9.17, 15) is 14.9 Å². The summed E-state index contributed by atoms with van der Waals surface area (Å²) in [6.45, 7) is 0.421. The number of hydrogen-bond acceptors (Lipinski definition) is 5. The van der Waals surface area contributed by atoms with Crippen LogP contribution in [0.4, 0.5) is 5.69 Å². The van der Waals surface area contributed by atoms with Crippen LogP contribution in [0, 0.1) is 10.1 Å². The Hall–Kier alpha value is -2.41. The first-order chi connectivity index (χ1) is 10.1. The molecule has 0 radical (unpaired) electrons. The van der Waals surface area contributed by atoms with Gasteiger partial charge in [-0.2, -0.15) is 11.3 Å². The maximum absolute atomic E-state index is 12.1. The zero-order chi connectivity index (χ0) is 15.2. The smallest absolute Gasteiger partial charge is 0.282 e. The molecule has 0 atom stereocenters. The predicted octanol–water partition coefficient (Wildman–Crippen LogP) is 2.64. The van der Waals surface area contributed by atoms with Crippen molar-refractivity contribution in [3.8, 4) is 5.75 Å². The van der Waals surface area contributed by atoms with Crippen molar-refractivity contribution in [3.63, 3.8) is 0 Å². The molecule has 1 aromatic heterocycles. The summed E-state index contributed by atoms with van der Waals surface area (Å²) in [5, 5.41) is 17.6. The molecule has 0 unspecified atom stereocenters. The van der Waals surface area contributed by atoms with Gasteiger partial charge in [0, 0.05) is 12.6 Å². The number of amides is 1. The van der Waals surface area contributed by atoms with Crippen molar-refractivity contribution in [2.24, 2.45) is 0 Å². The van der Waals surface area contributed by atoms with Crippen LogP contribution in [0.3, 0.4) is 0 Å². The maximum Gasteiger partial charge on any atom is 0.282 e. The summed E-state index contributed by atoms with van der Waals surface area (Å²) in [5.41, 5.74) is 0.897. The van der Waals surface area contributed by atoms with Gasteiger partial charge in [-0.05, 0) is 40.9 Å². The summed E-state index contributed by atoms with van der Waals surface area (Å²) in [4.78, 5) is 22.5. The summed E-state index contributed by atoms with van der Waals surface area (Å²) in [5.74, 6) is -0.0700. The molecule has 1 heterocycles. The number of hydrogen-bond donors (Lipinski definition) is 1. The van der Waals surface area contributed by atoms with Gasteiger partial charge in [-0.15, -0.1) is 0 Å². The molecule has 6 nitrogen and oxygen atoms in total. The molecule has 7 heteroatoms. The Morgan fingerprint density at radius 1 is 1.43 bits per heavy atom. The van der Waals surface area contributed by atoms with Gasteiger partial charge in [0.25, 0.3) is 11.6 Å². The lowest BCUT2D eigenvalue weighted by Gasteiger charge is -2.07. The highest BCUT2D eigenvalue weighted by molar-refractivity contribution is 7.07. The van der Waals surface area contributed by atoms with Gasteiger partial charge >= 0.3 is 0 Å². The lowest BCUT2D eigenvalue weighted by molar-refractivity contribution is -0.385. The van der Waals surface area contributed by atoms with Crippen molar-refractivity contribution < 1.29 is 14.5 Å². The molecule has 0 spiro atoms. The van der Waals surface area contributed by atoms with Crippen LogP contribution in [0.2, 0.25) is 0 Å². The van der Waals surface area contributed by atoms with E-state index in [0.29, 0.717) is 18.7 Å². The zero-order valence-electron chi connectivity index (χ0n) is 11.4. The number of ether oxygens (including phenoxy) is 1. The zero-order valence-corrected chi connectivity index (χ0v) is 12.2. The van der Waals surface area contributed by atoms with Crippen LogP contribution >= 0.6 is 11.3 Å². The number of rotatable bonds is 6. The molecule has 0 aliphatic heterocycles. The summed E-state index contributed by atoms with van der Waals surface area (Å²) in [6.07, 6.45) is 0.688. The quantitative estimate of drug-likeness (QED) is 0.657. The minimum Gasteiger partial charge on any atom is -0.497 e. The SMILES string of the molecule is COc1ccc([N+](=O)[O-])c(C(=O)NCCc2ccsc2)c1. The first-order valence-corrected chi connectivity index (χ1v) is 7.18. The fourth-order valence-corrected chi connectivity index (χ4v) is 2.54. The Morgan fingerprint density at radius 2 is 2.24 bits per heavy atom. The third-order valence-electron chi connectivity index (χ3n) is 2.92. The number of thiophene rings is 1. The van der Waals surface area contributed by atoms with Crippen LogP contribution in [0.1, 0.15) is 15.9 Å². The van der Waals surface area contributed by atoms with Gasteiger partial charge in [0.2, 0.25) is 0 Å². The van der Waals surface area contributed by atoms with Crippen molar-refractivity contribution in [3.05, 3.63) is 56.3 Å². The van der Waals surface area contributed by atoms with E-state index in [1.807, 2.05) is 16.8 Å². The normalized spacial score (nSPS) is 10.1. The van der Waals surface area contributed by atoms with Crippen LogP contribution < -0.4 is 10.1 Å². The third kappa shape index (κ3) is 3.79. The Bertz CT molecular complexity index is 640. The largest absolute Gasteiger partial charge is 0.497 e. The molecule has 2 aromatic rings. The number of nitro groups is 1. The summed E-state index contributed by atoms with van der Waals surface area (Å²) in [7, 11) is 1.44. The first-order valence-electron chi connectivity index (χ1n) is 6.23. The molecule has 1 amide bonds. The molecule has 2 rings (SSSR count). The molecular weight excluding hydrogens is 292 g/mol. The molecule has 1 aromatic carbocycles. The Balaban J connectivity index is 2.08. The summed E-state index contributed by atoms with van der Waals surface area (Å²) < 4.78 is 5.00. The Morgan fingerprint density at radius 3 is 2.86 bits per heavy atom. The fourth-order valence-electron chi connectivity index (χ4n) is 1.83. The summed E-state index contributed by atoms with van der Waals surface area (Å²) in [6, 6.07) is 6.08. The van der Waals surface area contributed by atoms with E-state index in [0.717, 1.165) is 5.56 Å². The standard InChI is InChI=1S/C14H14N2O4S/c1-20-11-2-3-13(16(18)19)12(8-11)14(17)15-6-4-10-5-7-21-9-10/h2-3,5,7-9H,4,6H2,1H3,(H,15,17). The number of methoxy groups -OCH3 is 1. The molecular formula is C14H14N2O4S. The van der Waals surface area contributed by atoms with Gasteiger partial charge in [-0.1, -0.05) is 0 Å². The van der Waals surface area contributed by atoms with Gasteiger partial charge < -0.3 is 10.1 Å². The number of benzene rings is 1. The molecule has 0 aliphatic rings. The van der Waals surface area contributed by atoms with Crippen molar-refractivity contribution >= 4 is 22.9 Å². The number of carbonyl (C=O) groups excluding carboxylic acids is 1.